The molecular formula is C24H23FN4O2. The summed E-state index contributed by atoms with van der Waals surface area (Å²) in [7, 11) is 0. The Kier molecular flexibility index (Phi) is 5.32. The van der Waals surface area contributed by atoms with Crippen LogP contribution in [0.4, 0.5) is 4.39 Å². The topological polar surface area (TPSA) is 68.2 Å². The van der Waals surface area contributed by atoms with Crippen molar-refractivity contribution in [2.24, 2.45) is 11.8 Å². The number of benzene rings is 1. The van der Waals surface area contributed by atoms with Crippen LogP contribution in [0.15, 0.2) is 61.1 Å². The predicted molar refractivity (Wildman–Crippen MR) is 113 cm³/mol. The molecule has 1 amide bonds. The highest BCUT2D eigenvalue weighted by Gasteiger charge is 2.43. The van der Waals surface area contributed by atoms with E-state index in [4.69, 9.17) is 4.74 Å². The van der Waals surface area contributed by atoms with Gasteiger partial charge in [0.2, 0.25) is 5.88 Å². The maximum absolute atomic E-state index is 14.7. The first kappa shape index (κ1) is 19.6. The molecule has 1 saturated carbocycles. The molecule has 2 aromatic heterocycles. The van der Waals surface area contributed by atoms with Crippen molar-refractivity contribution in [3.63, 3.8) is 0 Å². The Labute approximate surface area is 180 Å². The molecule has 6 rings (SSSR count). The van der Waals surface area contributed by atoms with Gasteiger partial charge in [-0.15, -0.1) is 0 Å². The van der Waals surface area contributed by atoms with Gasteiger partial charge in [0.15, 0.2) is 5.82 Å². The zero-order valence-corrected chi connectivity index (χ0v) is 17.0. The normalized spacial score (nSPS) is 22.4. The number of ether oxygens (including phenoxy) is 1. The van der Waals surface area contributed by atoms with Crippen LogP contribution < -0.4 is 4.74 Å². The quantitative estimate of drug-likeness (QED) is 0.627. The summed E-state index contributed by atoms with van der Waals surface area (Å²) in [5.41, 5.74) is 0.490. The predicted octanol–water partition coefficient (Wildman–Crippen LogP) is 4.00. The zero-order chi connectivity index (χ0) is 21.2. The first-order chi connectivity index (χ1) is 15.2. The monoisotopic (exact) mass is 418 g/mol. The third kappa shape index (κ3) is 3.87. The van der Waals surface area contributed by atoms with Gasteiger partial charge >= 0.3 is 0 Å². The molecule has 1 aliphatic carbocycles. The summed E-state index contributed by atoms with van der Waals surface area (Å²) >= 11 is 0. The molecule has 158 valence electrons. The van der Waals surface area contributed by atoms with E-state index in [2.05, 4.69) is 15.0 Å². The van der Waals surface area contributed by atoms with E-state index < -0.39 is 5.82 Å². The fourth-order valence-electron chi connectivity index (χ4n) is 4.82. The maximum Gasteiger partial charge on any atom is 0.254 e. The van der Waals surface area contributed by atoms with Crippen LogP contribution in [0.25, 0.3) is 11.4 Å². The fourth-order valence-corrected chi connectivity index (χ4v) is 4.82. The lowest BCUT2D eigenvalue weighted by Gasteiger charge is -2.49. The summed E-state index contributed by atoms with van der Waals surface area (Å²) in [5, 5.41) is 0. The van der Waals surface area contributed by atoms with Crippen molar-refractivity contribution in [1.29, 1.82) is 0 Å². The zero-order valence-electron chi connectivity index (χ0n) is 17.0. The van der Waals surface area contributed by atoms with E-state index in [1.807, 2.05) is 23.1 Å². The van der Waals surface area contributed by atoms with Crippen LogP contribution in [0.3, 0.4) is 0 Å². The summed E-state index contributed by atoms with van der Waals surface area (Å²) in [6, 6.07) is 12.0. The van der Waals surface area contributed by atoms with E-state index in [0.29, 0.717) is 36.4 Å². The van der Waals surface area contributed by atoms with Crippen LogP contribution in [0.2, 0.25) is 0 Å². The molecule has 2 aliphatic heterocycles. The molecule has 2 bridgehead atoms. The molecule has 0 N–H and O–H groups in total. The van der Waals surface area contributed by atoms with Crippen molar-refractivity contribution in [3.05, 3.63) is 72.4 Å². The first-order valence-corrected chi connectivity index (χ1v) is 10.6. The number of piperidine rings is 2. The Morgan fingerprint density at radius 2 is 1.87 bits per heavy atom. The van der Waals surface area contributed by atoms with E-state index in [1.165, 1.54) is 6.07 Å². The van der Waals surface area contributed by atoms with Gasteiger partial charge in [-0.05, 0) is 55.4 Å². The van der Waals surface area contributed by atoms with Crippen LogP contribution in [0, 0.1) is 17.7 Å². The molecule has 0 radical (unpaired) electrons. The Morgan fingerprint density at radius 3 is 2.61 bits per heavy atom. The minimum atomic E-state index is -0.485. The number of nitrogens with zero attached hydrogens (tertiary/aromatic N) is 4. The largest absolute Gasteiger partial charge is 0.477 e. The Bertz CT molecular complexity index is 1060. The van der Waals surface area contributed by atoms with Crippen LogP contribution in [0.1, 0.15) is 29.6 Å². The second-order valence-electron chi connectivity index (χ2n) is 8.16. The molecule has 1 aromatic carbocycles. The smallest absolute Gasteiger partial charge is 0.254 e. The number of carbonyl (C=O) groups is 1. The molecule has 31 heavy (non-hydrogen) atoms. The van der Waals surface area contributed by atoms with Crippen molar-refractivity contribution < 1.29 is 13.9 Å². The highest BCUT2D eigenvalue weighted by molar-refractivity contribution is 6.00. The van der Waals surface area contributed by atoms with Gasteiger partial charge < -0.3 is 9.64 Å². The molecule has 3 unspecified atom stereocenters. The van der Waals surface area contributed by atoms with Crippen LogP contribution in [0.5, 0.6) is 5.88 Å². The number of hydrogen-bond acceptors (Lipinski definition) is 5. The highest BCUT2D eigenvalue weighted by atomic mass is 19.1. The van der Waals surface area contributed by atoms with Gasteiger partial charge in [0.1, 0.15) is 5.82 Å². The van der Waals surface area contributed by atoms with Gasteiger partial charge in [0, 0.05) is 37.2 Å². The van der Waals surface area contributed by atoms with E-state index >= 15 is 0 Å². The number of aromatic nitrogens is 3. The number of rotatable bonds is 5. The molecular weight excluding hydrogens is 395 g/mol. The van der Waals surface area contributed by atoms with Crippen LogP contribution in [-0.4, -0.2) is 45.0 Å². The van der Waals surface area contributed by atoms with Gasteiger partial charge in [-0.1, -0.05) is 12.1 Å². The van der Waals surface area contributed by atoms with Gasteiger partial charge in [-0.2, -0.15) is 0 Å². The lowest BCUT2D eigenvalue weighted by Crippen LogP contribution is -2.55. The number of carbonyl (C=O) groups excluding carboxylic acids is 1. The summed E-state index contributed by atoms with van der Waals surface area (Å²) < 4.78 is 20.6. The molecule has 6 nitrogen and oxygen atoms in total. The van der Waals surface area contributed by atoms with Crippen LogP contribution in [-0.2, 0) is 0 Å². The molecule has 7 heteroatoms. The maximum atomic E-state index is 14.7. The van der Waals surface area contributed by atoms with Crippen molar-refractivity contribution in [2.75, 3.05) is 13.2 Å². The standard InChI is InChI=1S/C24H23FN4O2/c25-20-6-3-5-19(22(20)23-27-11-4-12-28-23)24(30)29-14-16-8-9-18(29)13-17(16)15-31-21-7-1-2-10-26-21/h1-7,10-12,16-18H,8-9,13-15H2. The Morgan fingerprint density at radius 1 is 1.03 bits per heavy atom. The van der Waals surface area contributed by atoms with Gasteiger partial charge in [-0.3, -0.25) is 4.79 Å². The summed E-state index contributed by atoms with van der Waals surface area (Å²) in [5.74, 6) is 0.968. The van der Waals surface area contributed by atoms with Crippen molar-refractivity contribution >= 4 is 5.91 Å². The van der Waals surface area contributed by atoms with Crippen molar-refractivity contribution in [3.8, 4) is 17.3 Å². The number of pyridine rings is 1. The number of amides is 1. The summed E-state index contributed by atoms with van der Waals surface area (Å²) in [4.78, 5) is 27.9. The molecule has 3 atom stereocenters. The second-order valence-corrected chi connectivity index (χ2v) is 8.16. The van der Waals surface area contributed by atoms with Gasteiger partial charge in [0.25, 0.3) is 5.91 Å². The molecule has 3 aliphatic rings. The lowest BCUT2D eigenvalue weighted by atomic mass is 9.72. The first-order valence-electron chi connectivity index (χ1n) is 10.6. The minimum absolute atomic E-state index is 0.127. The second kappa shape index (κ2) is 8.41. The Balaban J connectivity index is 1.34. The minimum Gasteiger partial charge on any atom is -0.477 e. The molecule has 2 saturated heterocycles. The van der Waals surface area contributed by atoms with E-state index in [9.17, 15) is 9.18 Å². The van der Waals surface area contributed by atoms with E-state index in [0.717, 1.165) is 19.3 Å². The van der Waals surface area contributed by atoms with Gasteiger partial charge in [0.05, 0.1) is 17.7 Å². The molecule has 0 spiro atoms. The average Bonchev–Trinajstić information content (AvgIpc) is 2.83. The molecule has 4 heterocycles. The van der Waals surface area contributed by atoms with Crippen LogP contribution >= 0.6 is 0 Å². The Hall–Kier alpha value is -3.35. The van der Waals surface area contributed by atoms with E-state index in [1.54, 1.807) is 36.8 Å². The fraction of sp³-hybridized carbons (Fsp3) is 0.333. The third-order valence-electron chi connectivity index (χ3n) is 6.36. The van der Waals surface area contributed by atoms with Crippen molar-refractivity contribution in [2.45, 2.75) is 25.3 Å². The average molecular weight is 418 g/mol. The lowest BCUT2D eigenvalue weighted by molar-refractivity contribution is -0.00470. The van der Waals surface area contributed by atoms with E-state index in [-0.39, 0.29) is 23.3 Å². The summed E-state index contributed by atoms with van der Waals surface area (Å²) in [6.07, 6.45) is 7.74. The SMILES string of the molecule is O=C(c1cccc(F)c1-c1ncccn1)N1CC2CCC1CC2COc1ccccn1. The number of fused-ring (bicyclic) bond motifs is 3. The number of hydrogen-bond donors (Lipinski definition) is 0. The summed E-state index contributed by atoms with van der Waals surface area (Å²) in [6.45, 7) is 1.26. The third-order valence-corrected chi connectivity index (χ3v) is 6.36. The highest BCUT2D eigenvalue weighted by Crippen LogP contribution is 2.40. The van der Waals surface area contributed by atoms with Crippen molar-refractivity contribution in [1.82, 2.24) is 19.9 Å². The molecule has 3 aromatic rings. The number of halogens is 1. The molecule has 3 fully saturated rings. The van der Waals surface area contributed by atoms with Gasteiger partial charge in [-0.25, -0.2) is 19.3 Å².